The SMILES string of the molecule is CN(C1CCCCC1)S(=O)(=O)NCC(=O)N1CCCCC1. The zero-order chi connectivity index (χ0) is 15.3. The molecule has 0 aromatic rings. The maximum Gasteiger partial charge on any atom is 0.279 e. The Balaban J connectivity index is 1.83. The third-order valence-electron chi connectivity index (χ3n) is 4.58. The van der Waals surface area contributed by atoms with Gasteiger partial charge in [0.25, 0.3) is 10.2 Å². The van der Waals surface area contributed by atoms with Gasteiger partial charge in [-0.15, -0.1) is 0 Å². The van der Waals surface area contributed by atoms with Crippen molar-refractivity contribution in [2.75, 3.05) is 26.7 Å². The van der Waals surface area contributed by atoms with Crippen LogP contribution in [0.3, 0.4) is 0 Å². The monoisotopic (exact) mass is 317 g/mol. The number of carbonyl (C=O) groups excluding carboxylic acids is 1. The van der Waals surface area contributed by atoms with E-state index >= 15 is 0 Å². The molecule has 2 aliphatic rings. The molecular weight excluding hydrogens is 290 g/mol. The Kier molecular flexibility index (Phi) is 6.01. The second kappa shape index (κ2) is 7.56. The quantitative estimate of drug-likeness (QED) is 0.825. The van der Waals surface area contributed by atoms with Crippen LogP contribution in [0.4, 0.5) is 0 Å². The third kappa shape index (κ3) is 4.66. The Morgan fingerprint density at radius 1 is 1.10 bits per heavy atom. The van der Waals surface area contributed by atoms with Crippen LogP contribution in [0.5, 0.6) is 0 Å². The largest absolute Gasteiger partial charge is 0.342 e. The summed E-state index contributed by atoms with van der Waals surface area (Å²) in [6.07, 6.45) is 8.36. The maximum absolute atomic E-state index is 12.3. The molecule has 1 heterocycles. The highest BCUT2D eigenvalue weighted by atomic mass is 32.2. The average molecular weight is 317 g/mol. The lowest BCUT2D eigenvalue weighted by atomic mass is 9.96. The van der Waals surface area contributed by atoms with E-state index in [2.05, 4.69) is 4.72 Å². The summed E-state index contributed by atoms with van der Waals surface area (Å²) in [6.45, 7) is 1.37. The molecule has 0 radical (unpaired) electrons. The van der Waals surface area contributed by atoms with Crippen molar-refractivity contribution in [2.45, 2.75) is 57.4 Å². The lowest BCUT2D eigenvalue weighted by Gasteiger charge is -2.31. The number of likely N-dealkylation sites (tertiary alicyclic amines) is 1. The fraction of sp³-hybridized carbons (Fsp3) is 0.929. The van der Waals surface area contributed by atoms with Gasteiger partial charge in [0.15, 0.2) is 0 Å². The molecular formula is C14H27N3O3S. The lowest BCUT2D eigenvalue weighted by Crippen LogP contribution is -2.48. The molecule has 1 N–H and O–H groups in total. The van der Waals surface area contributed by atoms with E-state index in [1.807, 2.05) is 0 Å². The van der Waals surface area contributed by atoms with Gasteiger partial charge in [0.1, 0.15) is 0 Å². The first-order chi connectivity index (χ1) is 10.0. The van der Waals surface area contributed by atoms with Crippen LogP contribution in [-0.2, 0) is 15.0 Å². The smallest absolute Gasteiger partial charge is 0.279 e. The van der Waals surface area contributed by atoms with E-state index in [9.17, 15) is 13.2 Å². The number of hydrogen-bond acceptors (Lipinski definition) is 3. The summed E-state index contributed by atoms with van der Waals surface area (Å²) < 4.78 is 28.4. The van der Waals surface area contributed by atoms with Gasteiger partial charge >= 0.3 is 0 Å². The number of rotatable bonds is 5. The van der Waals surface area contributed by atoms with Crippen molar-refractivity contribution in [1.29, 1.82) is 0 Å². The van der Waals surface area contributed by atoms with E-state index in [0.29, 0.717) is 0 Å². The van der Waals surface area contributed by atoms with E-state index in [0.717, 1.165) is 58.0 Å². The van der Waals surface area contributed by atoms with E-state index in [4.69, 9.17) is 0 Å². The van der Waals surface area contributed by atoms with Crippen LogP contribution in [-0.4, -0.2) is 56.3 Å². The average Bonchev–Trinajstić information content (AvgIpc) is 2.53. The minimum atomic E-state index is -3.56. The van der Waals surface area contributed by atoms with Crippen LogP contribution in [0.25, 0.3) is 0 Å². The predicted octanol–water partition coefficient (Wildman–Crippen LogP) is 1.10. The number of amides is 1. The molecule has 1 saturated carbocycles. The fourth-order valence-electron chi connectivity index (χ4n) is 3.15. The van der Waals surface area contributed by atoms with E-state index < -0.39 is 10.2 Å². The summed E-state index contributed by atoms with van der Waals surface area (Å²) in [6, 6.07) is 0.0707. The van der Waals surface area contributed by atoms with Crippen LogP contribution < -0.4 is 4.72 Å². The summed E-state index contributed by atoms with van der Waals surface area (Å²) in [5.74, 6) is -0.115. The Hall–Kier alpha value is -0.660. The second-order valence-electron chi connectivity index (χ2n) is 6.08. The molecule has 1 amide bonds. The molecule has 1 aliphatic carbocycles. The fourth-order valence-corrected chi connectivity index (χ4v) is 4.26. The van der Waals surface area contributed by atoms with Crippen molar-refractivity contribution in [3.63, 3.8) is 0 Å². The highest BCUT2D eigenvalue weighted by Crippen LogP contribution is 2.22. The Labute approximate surface area is 128 Å². The number of carbonyl (C=O) groups is 1. The molecule has 21 heavy (non-hydrogen) atoms. The van der Waals surface area contributed by atoms with Crippen molar-refractivity contribution in [3.05, 3.63) is 0 Å². The topological polar surface area (TPSA) is 69.7 Å². The predicted molar refractivity (Wildman–Crippen MR) is 82.0 cm³/mol. The van der Waals surface area contributed by atoms with Crippen LogP contribution in [0.15, 0.2) is 0 Å². The maximum atomic E-state index is 12.3. The van der Waals surface area contributed by atoms with Crippen molar-refractivity contribution >= 4 is 16.1 Å². The second-order valence-corrected chi connectivity index (χ2v) is 7.89. The summed E-state index contributed by atoms with van der Waals surface area (Å²) in [5, 5.41) is 0. The molecule has 1 saturated heterocycles. The number of nitrogens with zero attached hydrogens (tertiary/aromatic N) is 2. The molecule has 7 heteroatoms. The minimum Gasteiger partial charge on any atom is -0.342 e. The third-order valence-corrected chi connectivity index (χ3v) is 6.15. The normalized spacial score (nSPS) is 21.7. The van der Waals surface area contributed by atoms with Crippen LogP contribution >= 0.6 is 0 Å². The van der Waals surface area contributed by atoms with Gasteiger partial charge in [-0.3, -0.25) is 4.79 Å². The van der Waals surface area contributed by atoms with Crippen molar-refractivity contribution in [2.24, 2.45) is 0 Å². The molecule has 0 bridgehead atoms. The van der Waals surface area contributed by atoms with Crippen LogP contribution in [0.2, 0.25) is 0 Å². The molecule has 0 unspecified atom stereocenters. The molecule has 2 fully saturated rings. The first-order valence-electron chi connectivity index (χ1n) is 8.01. The van der Waals surface area contributed by atoms with Crippen molar-refractivity contribution in [3.8, 4) is 0 Å². The van der Waals surface area contributed by atoms with E-state index in [-0.39, 0.29) is 18.5 Å². The molecule has 0 atom stereocenters. The Morgan fingerprint density at radius 3 is 2.29 bits per heavy atom. The van der Waals surface area contributed by atoms with Crippen LogP contribution in [0.1, 0.15) is 51.4 Å². The number of nitrogens with one attached hydrogen (secondary N) is 1. The Bertz CT molecular complexity index is 440. The van der Waals surface area contributed by atoms with E-state index in [1.165, 1.54) is 10.7 Å². The van der Waals surface area contributed by atoms with Crippen molar-refractivity contribution in [1.82, 2.24) is 13.9 Å². The number of hydrogen-bond donors (Lipinski definition) is 1. The van der Waals surface area contributed by atoms with Crippen molar-refractivity contribution < 1.29 is 13.2 Å². The van der Waals surface area contributed by atoms with Gasteiger partial charge in [-0.2, -0.15) is 17.4 Å². The Morgan fingerprint density at radius 2 is 1.67 bits per heavy atom. The molecule has 6 nitrogen and oxygen atoms in total. The molecule has 2 rings (SSSR count). The summed E-state index contributed by atoms with van der Waals surface area (Å²) in [5.41, 5.74) is 0. The summed E-state index contributed by atoms with van der Waals surface area (Å²) in [4.78, 5) is 13.8. The number of piperidine rings is 1. The highest BCUT2D eigenvalue weighted by Gasteiger charge is 2.28. The minimum absolute atomic E-state index is 0.0707. The molecule has 0 spiro atoms. The van der Waals surface area contributed by atoms with Gasteiger partial charge in [-0.05, 0) is 32.1 Å². The van der Waals surface area contributed by atoms with Gasteiger partial charge in [0.05, 0.1) is 6.54 Å². The van der Waals surface area contributed by atoms with E-state index in [1.54, 1.807) is 11.9 Å². The first kappa shape index (κ1) is 16.7. The standard InChI is InChI=1S/C14H27N3O3S/c1-16(13-8-4-2-5-9-13)21(19,20)15-12-14(18)17-10-6-3-7-11-17/h13,15H,2-12H2,1H3. The van der Waals surface area contributed by atoms with Crippen LogP contribution in [0, 0.1) is 0 Å². The zero-order valence-corrected chi connectivity index (χ0v) is 13.7. The molecule has 1 aliphatic heterocycles. The molecule has 122 valence electrons. The van der Waals surface area contributed by atoms with Gasteiger partial charge < -0.3 is 4.90 Å². The molecule has 0 aromatic carbocycles. The first-order valence-corrected chi connectivity index (χ1v) is 9.45. The van der Waals surface area contributed by atoms with Gasteiger partial charge in [-0.1, -0.05) is 19.3 Å². The zero-order valence-electron chi connectivity index (χ0n) is 12.9. The summed E-state index contributed by atoms with van der Waals surface area (Å²) in [7, 11) is -1.94. The van der Waals surface area contributed by atoms with Gasteiger partial charge in [0.2, 0.25) is 5.91 Å². The van der Waals surface area contributed by atoms with Gasteiger partial charge in [-0.25, -0.2) is 0 Å². The molecule has 0 aromatic heterocycles. The van der Waals surface area contributed by atoms with Gasteiger partial charge in [0, 0.05) is 26.2 Å². The lowest BCUT2D eigenvalue weighted by molar-refractivity contribution is -0.130. The highest BCUT2D eigenvalue weighted by molar-refractivity contribution is 7.87. The summed E-state index contributed by atoms with van der Waals surface area (Å²) >= 11 is 0.